The number of nitrogens with two attached hydrogens (primary N) is 1. The number of halogens is 5. The molecular formula is C15H18Cl3F2N5O2. The zero-order valence-electron chi connectivity index (χ0n) is 14.1. The monoisotopic (exact) mass is 443 g/mol. The normalized spacial score (nSPS) is 15.6. The molecule has 3 heterocycles. The van der Waals surface area contributed by atoms with Crippen molar-refractivity contribution >= 4 is 48.0 Å². The third-order valence-corrected chi connectivity index (χ3v) is 4.24. The largest absolute Gasteiger partial charge is 0.480 e. The Morgan fingerprint density at radius 3 is 2.74 bits per heavy atom. The van der Waals surface area contributed by atoms with Gasteiger partial charge in [-0.15, -0.1) is 24.8 Å². The third-order valence-electron chi connectivity index (χ3n) is 3.97. The number of rotatable bonds is 4. The smallest absolute Gasteiger partial charge is 0.259 e. The van der Waals surface area contributed by atoms with E-state index < -0.39 is 19.0 Å². The molecule has 0 bridgehead atoms. The van der Waals surface area contributed by atoms with E-state index in [1.807, 2.05) is 0 Å². The van der Waals surface area contributed by atoms with Crippen LogP contribution in [0.4, 0.5) is 14.5 Å². The maximum Gasteiger partial charge on any atom is 0.259 e. The molecule has 27 heavy (non-hydrogen) atoms. The Bertz CT molecular complexity index is 806. The number of nitrogens with zero attached hydrogens (tertiary/aromatic N) is 4. The van der Waals surface area contributed by atoms with Crippen LogP contribution in [-0.4, -0.2) is 40.8 Å². The molecule has 0 saturated heterocycles. The molecule has 0 radical (unpaired) electrons. The Hall–Kier alpha value is -1.68. The Morgan fingerprint density at radius 1 is 1.44 bits per heavy atom. The maximum absolute atomic E-state index is 12.8. The van der Waals surface area contributed by atoms with Gasteiger partial charge in [0.15, 0.2) is 0 Å². The fourth-order valence-corrected chi connectivity index (χ4v) is 3.08. The lowest BCUT2D eigenvalue weighted by Crippen LogP contribution is -2.39. The van der Waals surface area contributed by atoms with E-state index in [2.05, 4.69) is 10.1 Å². The van der Waals surface area contributed by atoms with E-state index in [0.29, 0.717) is 24.3 Å². The first-order valence-corrected chi connectivity index (χ1v) is 7.91. The fourth-order valence-electron chi connectivity index (χ4n) is 2.84. The Labute approximate surface area is 171 Å². The van der Waals surface area contributed by atoms with Gasteiger partial charge in [0.05, 0.1) is 36.3 Å². The van der Waals surface area contributed by atoms with Crippen molar-refractivity contribution in [3.63, 3.8) is 0 Å². The SMILES string of the molecule is COc1ncc(C(=O)N2CCC(N)c3c2cnn3CC(F)F)cc1Cl.Cl.Cl. The summed E-state index contributed by atoms with van der Waals surface area (Å²) in [6.45, 7) is -0.224. The first kappa shape index (κ1) is 23.4. The summed E-state index contributed by atoms with van der Waals surface area (Å²) in [6.07, 6.45) is 0.607. The average molecular weight is 445 g/mol. The van der Waals surface area contributed by atoms with Gasteiger partial charge in [-0.3, -0.25) is 9.48 Å². The number of pyridine rings is 1. The summed E-state index contributed by atoms with van der Waals surface area (Å²) in [5.41, 5.74) is 7.15. The number of amides is 1. The van der Waals surface area contributed by atoms with Gasteiger partial charge in [-0.2, -0.15) is 5.10 Å². The summed E-state index contributed by atoms with van der Waals surface area (Å²) in [7, 11) is 1.42. The molecule has 0 fully saturated rings. The summed E-state index contributed by atoms with van der Waals surface area (Å²) >= 11 is 6.02. The number of fused-ring (bicyclic) bond motifs is 1. The Balaban J connectivity index is 0.00000182. The molecular weight excluding hydrogens is 427 g/mol. The molecule has 1 amide bonds. The molecule has 1 aliphatic rings. The van der Waals surface area contributed by atoms with Crippen molar-refractivity contribution in [3.05, 3.63) is 34.7 Å². The second-order valence-corrected chi connectivity index (χ2v) is 5.96. The van der Waals surface area contributed by atoms with E-state index >= 15 is 0 Å². The van der Waals surface area contributed by atoms with E-state index in [1.165, 1.54) is 30.5 Å². The highest BCUT2D eigenvalue weighted by Crippen LogP contribution is 2.34. The number of anilines is 1. The molecule has 150 valence electrons. The quantitative estimate of drug-likeness (QED) is 0.783. The predicted molar refractivity (Wildman–Crippen MR) is 102 cm³/mol. The standard InChI is InChI=1S/C15H16ClF2N5O2.2ClH/c1-25-14-9(16)4-8(5-20-14)15(24)22-3-2-10(19)13-11(22)6-21-23(13)7-12(17)18;;/h4-6,10,12H,2-3,7,19H2,1H3;2*1H. The number of hydrogen-bond acceptors (Lipinski definition) is 5. The van der Waals surface area contributed by atoms with Crippen molar-refractivity contribution in [1.82, 2.24) is 14.8 Å². The summed E-state index contributed by atoms with van der Waals surface area (Å²) in [5, 5.41) is 4.17. The van der Waals surface area contributed by atoms with Crippen LogP contribution >= 0.6 is 36.4 Å². The third kappa shape index (κ3) is 4.60. The van der Waals surface area contributed by atoms with Crippen LogP contribution in [0.1, 0.15) is 28.5 Å². The summed E-state index contributed by atoms with van der Waals surface area (Å²) < 4.78 is 31.6. The van der Waals surface area contributed by atoms with E-state index in [1.54, 1.807) is 0 Å². The number of hydrogen-bond donors (Lipinski definition) is 1. The topological polar surface area (TPSA) is 86.3 Å². The average Bonchev–Trinajstić information content (AvgIpc) is 2.98. The lowest BCUT2D eigenvalue weighted by Gasteiger charge is -2.30. The van der Waals surface area contributed by atoms with Gasteiger partial charge >= 0.3 is 0 Å². The number of aromatic nitrogens is 3. The van der Waals surface area contributed by atoms with Crippen molar-refractivity contribution < 1.29 is 18.3 Å². The second kappa shape index (κ2) is 9.50. The van der Waals surface area contributed by atoms with Crippen LogP contribution in [0.5, 0.6) is 5.88 Å². The van der Waals surface area contributed by atoms with Gasteiger partial charge in [0.1, 0.15) is 11.6 Å². The van der Waals surface area contributed by atoms with E-state index in [-0.39, 0.29) is 47.2 Å². The molecule has 1 atom stereocenters. The van der Waals surface area contributed by atoms with Crippen LogP contribution in [-0.2, 0) is 6.54 Å². The van der Waals surface area contributed by atoms with Gasteiger partial charge in [-0.25, -0.2) is 13.8 Å². The van der Waals surface area contributed by atoms with Crippen molar-refractivity contribution in [1.29, 1.82) is 0 Å². The fraction of sp³-hybridized carbons (Fsp3) is 0.400. The zero-order valence-corrected chi connectivity index (χ0v) is 16.5. The number of alkyl halides is 2. The molecule has 0 aliphatic carbocycles. The molecule has 0 saturated carbocycles. The van der Waals surface area contributed by atoms with Crippen LogP contribution in [0.3, 0.4) is 0 Å². The minimum Gasteiger partial charge on any atom is -0.480 e. The number of ether oxygens (including phenoxy) is 1. The Kier molecular flexibility index (Phi) is 8.22. The van der Waals surface area contributed by atoms with Gasteiger partial charge < -0.3 is 15.4 Å². The van der Waals surface area contributed by atoms with Gasteiger partial charge in [-0.05, 0) is 12.5 Å². The van der Waals surface area contributed by atoms with Crippen molar-refractivity contribution in [2.45, 2.75) is 25.4 Å². The van der Waals surface area contributed by atoms with E-state index in [4.69, 9.17) is 22.1 Å². The number of methoxy groups -OCH3 is 1. The lowest BCUT2D eigenvalue weighted by atomic mass is 10.0. The molecule has 7 nitrogen and oxygen atoms in total. The van der Waals surface area contributed by atoms with E-state index in [9.17, 15) is 13.6 Å². The van der Waals surface area contributed by atoms with Crippen LogP contribution in [0.2, 0.25) is 5.02 Å². The molecule has 1 unspecified atom stereocenters. The van der Waals surface area contributed by atoms with Crippen LogP contribution in [0.25, 0.3) is 0 Å². The van der Waals surface area contributed by atoms with Gasteiger partial charge in [0.2, 0.25) is 5.88 Å². The molecule has 3 rings (SSSR count). The van der Waals surface area contributed by atoms with E-state index in [0.717, 1.165) is 4.68 Å². The minimum absolute atomic E-state index is 0. The predicted octanol–water partition coefficient (Wildman–Crippen LogP) is 3.10. The van der Waals surface area contributed by atoms with Gasteiger partial charge in [0.25, 0.3) is 12.3 Å². The van der Waals surface area contributed by atoms with Gasteiger partial charge in [-0.1, -0.05) is 11.6 Å². The van der Waals surface area contributed by atoms with Crippen LogP contribution in [0, 0.1) is 0 Å². The molecule has 2 aromatic heterocycles. The minimum atomic E-state index is -2.56. The summed E-state index contributed by atoms with van der Waals surface area (Å²) in [5.74, 6) is -0.147. The highest BCUT2D eigenvalue weighted by atomic mass is 35.5. The highest BCUT2D eigenvalue weighted by Gasteiger charge is 2.32. The number of carbonyl (C=O) groups is 1. The lowest BCUT2D eigenvalue weighted by molar-refractivity contribution is 0.0983. The number of carbonyl (C=O) groups excluding carboxylic acids is 1. The highest BCUT2D eigenvalue weighted by molar-refractivity contribution is 6.32. The summed E-state index contributed by atoms with van der Waals surface area (Å²) in [4.78, 5) is 18.2. The zero-order chi connectivity index (χ0) is 18.1. The van der Waals surface area contributed by atoms with Crippen molar-refractivity contribution in [2.24, 2.45) is 5.73 Å². The van der Waals surface area contributed by atoms with Crippen LogP contribution in [0.15, 0.2) is 18.5 Å². The molecule has 0 spiro atoms. The maximum atomic E-state index is 12.8. The molecule has 2 N–H and O–H groups in total. The molecule has 1 aliphatic heterocycles. The molecule has 0 aromatic carbocycles. The van der Waals surface area contributed by atoms with Crippen molar-refractivity contribution in [3.8, 4) is 5.88 Å². The Morgan fingerprint density at radius 2 is 2.15 bits per heavy atom. The second-order valence-electron chi connectivity index (χ2n) is 5.56. The molecule has 12 heteroatoms. The van der Waals surface area contributed by atoms with Gasteiger partial charge in [0, 0.05) is 12.7 Å². The first-order chi connectivity index (χ1) is 11.9. The first-order valence-electron chi connectivity index (χ1n) is 7.53. The van der Waals surface area contributed by atoms with Crippen molar-refractivity contribution in [2.75, 3.05) is 18.6 Å². The van der Waals surface area contributed by atoms with Crippen LogP contribution < -0.4 is 15.4 Å². The molecule has 2 aromatic rings. The summed E-state index contributed by atoms with van der Waals surface area (Å²) in [6, 6.07) is 0.992.